The lowest BCUT2D eigenvalue weighted by molar-refractivity contribution is -0.120. The molecule has 0 unspecified atom stereocenters. The number of H-pyrrole nitrogens is 1. The van der Waals surface area contributed by atoms with Crippen LogP contribution in [0.25, 0.3) is 10.2 Å². The van der Waals surface area contributed by atoms with Crippen LogP contribution in [0.1, 0.15) is 23.2 Å². The molecule has 3 rings (SSSR count). The molecular weight excluding hydrogens is 310 g/mol. The summed E-state index contributed by atoms with van der Waals surface area (Å²) >= 11 is 1.50. The predicted octanol–water partition coefficient (Wildman–Crippen LogP) is 2.41. The minimum absolute atomic E-state index is 0.0668. The van der Waals surface area contributed by atoms with E-state index in [1.54, 1.807) is 0 Å². The molecule has 0 aliphatic rings. The number of carbonyl (C=O) groups excluding carboxylic acids is 1. The summed E-state index contributed by atoms with van der Waals surface area (Å²) in [5.74, 6) is 0.237. The summed E-state index contributed by atoms with van der Waals surface area (Å²) in [7, 11) is 0. The van der Waals surface area contributed by atoms with Crippen LogP contribution in [0.15, 0.2) is 41.2 Å². The van der Waals surface area contributed by atoms with Crippen molar-refractivity contribution in [2.45, 2.75) is 26.3 Å². The number of aromatic amines is 1. The molecule has 23 heavy (non-hydrogen) atoms. The fraction of sp³-hybridized carbons (Fsp3) is 0.235. The van der Waals surface area contributed by atoms with Gasteiger partial charge in [-0.25, -0.2) is 4.98 Å². The van der Waals surface area contributed by atoms with Gasteiger partial charge in [-0.1, -0.05) is 37.3 Å². The fourth-order valence-electron chi connectivity index (χ4n) is 2.30. The predicted molar refractivity (Wildman–Crippen MR) is 91.6 cm³/mol. The van der Waals surface area contributed by atoms with E-state index < -0.39 is 0 Å². The Kier molecular flexibility index (Phi) is 4.52. The average Bonchev–Trinajstić information content (AvgIpc) is 2.98. The van der Waals surface area contributed by atoms with Gasteiger partial charge < -0.3 is 10.3 Å². The summed E-state index contributed by atoms with van der Waals surface area (Å²) in [6, 6.07) is 11.5. The van der Waals surface area contributed by atoms with E-state index in [4.69, 9.17) is 0 Å². The molecular formula is C17H17N3O2S. The summed E-state index contributed by atoms with van der Waals surface area (Å²) in [4.78, 5) is 33.0. The Morgan fingerprint density at radius 2 is 2.09 bits per heavy atom. The molecule has 0 radical (unpaired) electrons. The first-order valence-corrected chi connectivity index (χ1v) is 8.29. The number of thiophene rings is 1. The highest BCUT2D eigenvalue weighted by Gasteiger charge is 2.11. The van der Waals surface area contributed by atoms with Crippen LogP contribution in [-0.2, 0) is 24.2 Å². The number of nitrogens with zero attached hydrogens (tertiary/aromatic N) is 1. The monoisotopic (exact) mass is 327 g/mol. The SMILES string of the molecule is CCc1cc2c(=O)[nH]c(CC(=O)NCc3ccccc3)nc2s1. The molecule has 3 aromatic rings. The summed E-state index contributed by atoms with van der Waals surface area (Å²) < 4.78 is 0. The quantitative estimate of drug-likeness (QED) is 0.755. The zero-order chi connectivity index (χ0) is 16.2. The second kappa shape index (κ2) is 6.75. The third-order valence-electron chi connectivity index (χ3n) is 3.51. The van der Waals surface area contributed by atoms with E-state index in [2.05, 4.69) is 15.3 Å². The second-order valence-electron chi connectivity index (χ2n) is 5.24. The maximum Gasteiger partial charge on any atom is 0.259 e. The van der Waals surface area contributed by atoms with Gasteiger partial charge in [0.05, 0.1) is 11.8 Å². The van der Waals surface area contributed by atoms with Crippen LogP contribution in [0, 0.1) is 0 Å². The highest BCUT2D eigenvalue weighted by atomic mass is 32.1. The van der Waals surface area contributed by atoms with Gasteiger partial charge >= 0.3 is 0 Å². The van der Waals surface area contributed by atoms with E-state index in [9.17, 15) is 9.59 Å². The molecule has 2 aromatic heterocycles. The number of rotatable bonds is 5. The van der Waals surface area contributed by atoms with Crippen LogP contribution in [0.4, 0.5) is 0 Å². The van der Waals surface area contributed by atoms with Gasteiger partial charge in [0.1, 0.15) is 10.7 Å². The van der Waals surface area contributed by atoms with E-state index in [0.29, 0.717) is 22.6 Å². The molecule has 1 aromatic carbocycles. The first-order valence-electron chi connectivity index (χ1n) is 7.48. The lowest BCUT2D eigenvalue weighted by Gasteiger charge is -2.05. The third-order valence-corrected chi connectivity index (χ3v) is 4.68. The van der Waals surface area contributed by atoms with Crippen molar-refractivity contribution < 1.29 is 4.79 Å². The maximum absolute atomic E-state index is 12.1. The smallest absolute Gasteiger partial charge is 0.259 e. The number of aryl methyl sites for hydroxylation is 1. The van der Waals surface area contributed by atoms with Gasteiger partial charge in [0.15, 0.2) is 0 Å². The molecule has 0 aliphatic carbocycles. The Labute approximate surface area is 137 Å². The zero-order valence-corrected chi connectivity index (χ0v) is 13.6. The zero-order valence-electron chi connectivity index (χ0n) is 12.8. The maximum atomic E-state index is 12.1. The minimum atomic E-state index is -0.184. The number of aromatic nitrogens is 2. The lowest BCUT2D eigenvalue weighted by Crippen LogP contribution is -2.26. The van der Waals surface area contributed by atoms with Crippen molar-refractivity contribution in [1.29, 1.82) is 0 Å². The molecule has 0 aliphatic heterocycles. The first-order chi connectivity index (χ1) is 11.2. The third kappa shape index (κ3) is 3.65. The molecule has 118 valence electrons. The van der Waals surface area contributed by atoms with Crippen molar-refractivity contribution in [1.82, 2.24) is 15.3 Å². The molecule has 0 saturated carbocycles. The van der Waals surface area contributed by atoms with Gasteiger partial charge in [0, 0.05) is 11.4 Å². The Balaban J connectivity index is 1.71. The van der Waals surface area contributed by atoms with Crippen LogP contribution in [0.5, 0.6) is 0 Å². The summed E-state index contributed by atoms with van der Waals surface area (Å²) in [6.45, 7) is 2.50. The van der Waals surface area contributed by atoms with E-state index in [0.717, 1.165) is 16.9 Å². The van der Waals surface area contributed by atoms with E-state index in [-0.39, 0.29) is 17.9 Å². The van der Waals surface area contributed by atoms with Crippen LogP contribution in [0.2, 0.25) is 0 Å². The summed E-state index contributed by atoms with van der Waals surface area (Å²) in [6.07, 6.45) is 0.935. The lowest BCUT2D eigenvalue weighted by atomic mass is 10.2. The summed E-state index contributed by atoms with van der Waals surface area (Å²) in [5, 5.41) is 3.43. The van der Waals surface area contributed by atoms with Crippen molar-refractivity contribution in [3.8, 4) is 0 Å². The van der Waals surface area contributed by atoms with Gasteiger partial charge in [-0.05, 0) is 18.1 Å². The normalized spacial score (nSPS) is 10.8. The van der Waals surface area contributed by atoms with Gasteiger partial charge in [-0.2, -0.15) is 0 Å². The molecule has 2 heterocycles. The molecule has 2 N–H and O–H groups in total. The average molecular weight is 327 g/mol. The van der Waals surface area contributed by atoms with Crippen LogP contribution < -0.4 is 10.9 Å². The Bertz CT molecular complexity index is 884. The van der Waals surface area contributed by atoms with Crippen LogP contribution >= 0.6 is 11.3 Å². The van der Waals surface area contributed by atoms with Crippen LogP contribution in [0.3, 0.4) is 0 Å². The first kappa shape index (κ1) is 15.4. The molecule has 0 spiro atoms. The second-order valence-corrected chi connectivity index (χ2v) is 6.35. The molecule has 0 fully saturated rings. The van der Waals surface area contributed by atoms with Gasteiger partial charge in [0.25, 0.3) is 5.56 Å². The Morgan fingerprint density at radius 3 is 2.83 bits per heavy atom. The highest BCUT2D eigenvalue weighted by Crippen LogP contribution is 2.21. The molecule has 1 amide bonds. The number of fused-ring (bicyclic) bond motifs is 1. The van der Waals surface area contributed by atoms with Crippen LogP contribution in [-0.4, -0.2) is 15.9 Å². The summed E-state index contributed by atoms with van der Waals surface area (Å²) in [5.41, 5.74) is 0.848. The molecule has 0 atom stereocenters. The van der Waals surface area contributed by atoms with E-state index in [1.165, 1.54) is 11.3 Å². The minimum Gasteiger partial charge on any atom is -0.352 e. The van der Waals surface area contributed by atoms with E-state index in [1.807, 2.05) is 43.3 Å². The van der Waals surface area contributed by atoms with Crippen molar-refractivity contribution in [3.05, 3.63) is 63.0 Å². The number of amides is 1. The van der Waals surface area contributed by atoms with Crippen molar-refractivity contribution >= 4 is 27.5 Å². The largest absolute Gasteiger partial charge is 0.352 e. The van der Waals surface area contributed by atoms with Gasteiger partial charge in [0.2, 0.25) is 5.91 Å². The van der Waals surface area contributed by atoms with Crippen molar-refractivity contribution in [2.75, 3.05) is 0 Å². The number of carbonyl (C=O) groups is 1. The van der Waals surface area contributed by atoms with Crippen molar-refractivity contribution in [3.63, 3.8) is 0 Å². The van der Waals surface area contributed by atoms with Gasteiger partial charge in [-0.3, -0.25) is 9.59 Å². The Hall–Kier alpha value is -2.47. The topological polar surface area (TPSA) is 74.8 Å². The van der Waals surface area contributed by atoms with E-state index >= 15 is 0 Å². The van der Waals surface area contributed by atoms with Crippen molar-refractivity contribution in [2.24, 2.45) is 0 Å². The number of benzene rings is 1. The highest BCUT2D eigenvalue weighted by molar-refractivity contribution is 7.18. The Morgan fingerprint density at radius 1 is 1.30 bits per heavy atom. The molecule has 5 nitrogen and oxygen atoms in total. The number of hydrogen-bond acceptors (Lipinski definition) is 4. The number of hydrogen-bond donors (Lipinski definition) is 2. The standard InChI is InChI=1S/C17H17N3O2S/c1-2-12-8-13-16(22)19-14(20-17(13)23-12)9-15(21)18-10-11-6-4-3-5-7-11/h3-8H,2,9-10H2,1H3,(H,18,21)(H,19,20,22). The number of nitrogens with one attached hydrogen (secondary N) is 2. The van der Waals surface area contributed by atoms with Gasteiger partial charge in [-0.15, -0.1) is 11.3 Å². The molecule has 0 bridgehead atoms. The molecule has 6 heteroatoms. The fourth-order valence-corrected chi connectivity index (χ4v) is 3.28. The molecule has 0 saturated heterocycles.